The van der Waals surface area contributed by atoms with Gasteiger partial charge in [-0.25, -0.2) is 13.6 Å². The number of halogens is 2. The van der Waals surface area contributed by atoms with Gasteiger partial charge in [-0.3, -0.25) is 0 Å². The van der Waals surface area contributed by atoms with Crippen molar-refractivity contribution in [1.82, 2.24) is 4.90 Å². The van der Waals surface area contributed by atoms with E-state index in [2.05, 4.69) is 0 Å². The monoisotopic (exact) mass is 481 g/mol. The third-order valence-corrected chi connectivity index (χ3v) is 6.65. The van der Waals surface area contributed by atoms with Crippen LogP contribution in [0.5, 0.6) is 11.5 Å². The Balaban J connectivity index is 1.62. The highest BCUT2D eigenvalue weighted by atomic mass is 19.1. The molecular formula is C28H29F2NO4. The molecule has 3 aromatic rings. The van der Waals surface area contributed by atoms with Crippen molar-refractivity contribution >= 4 is 5.97 Å². The highest BCUT2D eigenvalue weighted by molar-refractivity contribution is 5.95. The lowest BCUT2D eigenvalue weighted by atomic mass is 9.71. The van der Waals surface area contributed by atoms with Gasteiger partial charge in [0.25, 0.3) is 0 Å². The number of aromatic hydroxyl groups is 1. The normalized spacial score (nSPS) is 20.1. The second-order valence-corrected chi connectivity index (χ2v) is 9.36. The van der Waals surface area contributed by atoms with E-state index in [1.165, 1.54) is 6.07 Å². The number of aliphatic hydroxyl groups is 1. The molecule has 7 heteroatoms. The van der Waals surface area contributed by atoms with Crippen molar-refractivity contribution in [3.05, 3.63) is 83.4 Å². The zero-order chi connectivity index (χ0) is 25.2. The first kappa shape index (κ1) is 24.8. The topological polar surface area (TPSA) is 70.0 Å². The Morgan fingerprint density at radius 2 is 1.83 bits per heavy atom. The van der Waals surface area contributed by atoms with Crippen LogP contribution in [0.4, 0.5) is 8.78 Å². The Bertz CT molecular complexity index is 1220. The summed E-state index contributed by atoms with van der Waals surface area (Å²) in [7, 11) is 3.91. The SMILES string of the molecule is CN(C)CC1CCCCC1(O)c1cccc(OC(=O)c2c(F)cc(-c3ccccc3)c(F)c2O)c1. The fraction of sp³-hybridized carbons (Fsp3) is 0.321. The third kappa shape index (κ3) is 5.06. The molecule has 1 aliphatic rings. The molecule has 0 amide bonds. The number of carbonyl (C=O) groups is 1. The van der Waals surface area contributed by atoms with E-state index in [9.17, 15) is 23.8 Å². The predicted molar refractivity (Wildman–Crippen MR) is 129 cm³/mol. The molecule has 35 heavy (non-hydrogen) atoms. The number of phenols is 1. The molecule has 5 nitrogen and oxygen atoms in total. The van der Waals surface area contributed by atoms with Crippen molar-refractivity contribution in [3.8, 4) is 22.6 Å². The Kier molecular flexibility index (Phi) is 7.19. The van der Waals surface area contributed by atoms with Crippen molar-refractivity contribution in [3.63, 3.8) is 0 Å². The van der Waals surface area contributed by atoms with Crippen LogP contribution in [0.2, 0.25) is 0 Å². The quantitative estimate of drug-likeness (QED) is 0.360. The minimum atomic E-state index is -1.23. The molecule has 1 fully saturated rings. The summed E-state index contributed by atoms with van der Waals surface area (Å²) in [5, 5.41) is 21.9. The molecule has 1 aliphatic carbocycles. The van der Waals surface area contributed by atoms with E-state index in [-0.39, 0.29) is 17.2 Å². The summed E-state index contributed by atoms with van der Waals surface area (Å²) in [6, 6.07) is 15.5. The van der Waals surface area contributed by atoms with Crippen LogP contribution in [0, 0.1) is 17.6 Å². The molecule has 0 aliphatic heterocycles. The number of benzene rings is 3. The lowest BCUT2D eigenvalue weighted by molar-refractivity contribution is -0.0619. The number of esters is 1. The average Bonchev–Trinajstić information content (AvgIpc) is 2.83. The van der Waals surface area contributed by atoms with Gasteiger partial charge in [0.2, 0.25) is 0 Å². The van der Waals surface area contributed by atoms with Gasteiger partial charge < -0.3 is 19.8 Å². The van der Waals surface area contributed by atoms with Gasteiger partial charge >= 0.3 is 5.97 Å². The van der Waals surface area contributed by atoms with Crippen molar-refractivity contribution in [2.45, 2.75) is 31.3 Å². The average molecular weight is 482 g/mol. The first-order valence-corrected chi connectivity index (χ1v) is 11.7. The van der Waals surface area contributed by atoms with Crippen LogP contribution < -0.4 is 4.74 Å². The number of phenolic OH excluding ortho intramolecular Hbond substituents is 1. The van der Waals surface area contributed by atoms with Crippen molar-refractivity contribution in [2.75, 3.05) is 20.6 Å². The first-order valence-electron chi connectivity index (χ1n) is 11.7. The molecule has 2 N–H and O–H groups in total. The maximum Gasteiger partial charge on any atom is 0.350 e. The largest absolute Gasteiger partial charge is 0.504 e. The van der Waals surface area contributed by atoms with Gasteiger partial charge in [-0.2, -0.15) is 0 Å². The molecule has 0 saturated heterocycles. The van der Waals surface area contributed by atoms with Crippen LogP contribution in [-0.2, 0) is 5.60 Å². The van der Waals surface area contributed by atoms with Gasteiger partial charge in [0, 0.05) is 18.0 Å². The van der Waals surface area contributed by atoms with Gasteiger partial charge in [0.05, 0.1) is 5.60 Å². The summed E-state index contributed by atoms with van der Waals surface area (Å²) >= 11 is 0. The molecule has 2 atom stereocenters. The number of ether oxygens (including phenoxy) is 1. The zero-order valence-electron chi connectivity index (χ0n) is 19.8. The third-order valence-electron chi connectivity index (χ3n) is 6.65. The van der Waals surface area contributed by atoms with Crippen LogP contribution in [0.25, 0.3) is 11.1 Å². The molecule has 0 radical (unpaired) electrons. The maximum absolute atomic E-state index is 14.9. The Labute approximate surface area is 203 Å². The molecule has 0 bridgehead atoms. The van der Waals surface area contributed by atoms with Crippen molar-refractivity contribution < 1.29 is 28.5 Å². The van der Waals surface area contributed by atoms with Gasteiger partial charge in [-0.1, -0.05) is 55.3 Å². The minimum Gasteiger partial charge on any atom is -0.504 e. The molecule has 2 unspecified atom stereocenters. The number of rotatable bonds is 6. The van der Waals surface area contributed by atoms with Crippen LogP contribution in [0.15, 0.2) is 60.7 Å². The summed E-state index contributed by atoms with van der Waals surface area (Å²) in [6.07, 6.45) is 3.34. The fourth-order valence-corrected chi connectivity index (χ4v) is 4.91. The summed E-state index contributed by atoms with van der Waals surface area (Å²) in [5.41, 5.74) is -1.17. The first-order chi connectivity index (χ1) is 16.7. The maximum atomic E-state index is 14.9. The molecule has 0 heterocycles. The molecular weight excluding hydrogens is 452 g/mol. The number of hydrogen-bond donors (Lipinski definition) is 2. The highest BCUT2D eigenvalue weighted by Crippen LogP contribution is 2.43. The Morgan fingerprint density at radius 1 is 1.09 bits per heavy atom. The van der Waals surface area contributed by atoms with E-state index < -0.39 is 34.5 Å². The molecule has 0 spiro atoms. The predicted octanol–water partition coefficient (Wildman–Crippen LogP) is 5.50. The molecule has 0 aromatic heterocycles. The standard InChI is InChI=1S/C28H29F2NO4/c1-31(2)17-20-11-6-7-14-28(20,34)19-12-8-13-21(15-19)35-27(33)24-23(29)16-22(25(30)26(24)32)18-9-4-3-5-10-18/h3-5,8-10,12-13,15-16,20,32,34H,6-7,11,14,17H2,1-2H3. The van der Waals surface area contributed by atoms with E-state index in [1.807, 2.05) is 19.0 Å². The summed E-state index contributed by atoms with van der Waals surface area (Å²) in [4.78, 5) is 14.8. The zero-order valence-corrected chi connectivity index (χ0v) is 19.8. The molecule has 184 valence electrons. The lowest BCUT2D eigenvalue weighted by Gasteiger charge is -2.41. The van der Waals surface area contributed by atoms with E-state index in [1.54, 1.807) is 48.5 Å². The summed E-state index contributed by atoms with van der Waals surface area (Å²) < 4.78 is 35.1. The smallest absolute Gasteiger partial charge is 0.350 e. The lowest BCUT2D eigenvalue weighted by Crippen LogP contribution is -2.43. The van der Waals surface area contributed by atoms with E-state index >= 15 is 0 Å². The summed E-state index contributed by atoms with van der Waals surface area (Å²) in [5.74, 6) is -4.47. The van der Waals surface area contributed by atoms with Gasteiger partial charge in [0.15, 0.2) is 11.6 Å². The number of carbonyl (C=O) groups excluding carboxylic acids is 1. The summed E-state index contributed by atoms with van der Waals surface area (Å²) in [6.45, 7) is 0.701. The number of nitrogens with zero attached hydrogens (tertiary/aromatic N) is 1. The van der Waals surface area contributed by atoms with Crippen LogP contribution in [0.1, 0.15) is 41.6 Å². The van der Waals surface area contributed by atoms with Crippen molar-refractivity contribution in [1.29, 1.82) is 0 Å². The minimum absolute atomic E-state index is 0.00156. The fourth-order valence-electron chi connectivity index (χ4n) is 4.91. The van der Waals surface area contributed by atoms with Crippen LogP contribution >= 0.6 is 0 Å². The second kappa shape index (κ2) is 10.1. The number of hydrogen-bond acceptors (Lipinski definition) is 5. The highest BCUT2D eigenvalue weighted by Gasteiger charge is 2.40. The van der Waals surface area contributed by atoms with Crippen molar-refractivity contribution in [2.24, 2.45) is 5.92 Å². The Hall–Kier alpha value is -3.29. The van der Waals surface area contributed by atoms with Gasteiger partial charge in [0.1, 0.15) is 17.1 Å². The van der Waals surface area contributed by atoms with Gasteiger partial charge in [-0.15, -0.1) is 0 Å². The van der Waals surface area contributed by atoms with Gasteiger partial charge in [-0.05, 0) is 56.3 Å². The second-order valence-electron chi connectivity index (χ2n) is 9.36. The Morgan fingerprint density at radius 3 is 2.54 bits per heavy atom. The van der Waals surface area contributed by atoms with E-state index in [0.717, 1.165) is 25.3 Å². The van der Waals surface area contributed by atoms with E-state index in [4.69, 9.17) is 4.74 Å². The molecule has 1 saturated carbocycles. The molecule has 3 aromatic carbocycles. The van der Waals surface area contributed by atoms with Crippen LogP contribution in [0.3, 0.4) is 0 Å². The molecule has 4 rings (SSSR count). The van der Waals surface area contributed by atoms with E-state index in [0.29, 0.717) is 24.1 Å². The van der Waals surface area contributed by atoms with Crippen LogP contribution in [-0.4, -0.2) is 41.7 Å².